The highest BCUT2D eigenvalue weighted by Gasteiger charge is 2.19. The Bertz CT molecular complexity index is 763. The third kappa shape index (κ3) is 4.93. The number of nitrogens with one attached hydrogen (secondary N) is 2. The number of amides is 3. The van der Waals surface area contributed by atoms with Gasteiger partial charge >= 0.3 is 6.03 Å². The fourth-order valence-electron chi connectivity index (χ4n) is 2.20. The van der Waals surface area contributed by atoms with E-state index in [0.717, 1.165) is 0 Å². The number of aliphatic hydroxyl groups excluding tert-OH is 1. The first kappa shape index (κ1) is 19.2. The molecular formula is C16H21N5O5. The topological polar surface area (TPSA) is 141 Å². The zero-order chi connectivity index (χ0) is 19.1. The highest BCUT2D eigenvalue weighted by atomic mass is 16.5. The van der Waals surface area contributed by atoms with Crippen LogP contribution < -0.4 is 10.6 Å². The van der Waals surface area contributed by atoms with Crippen LogP contribution in [0, 0.1) is 0 Å². The van der Waals surface area contributed by atoms with Gasteiger partial charge in [-0.15, -0.1) is 0 Å². The number of urea groups is 1. The summed E-state index contributed by atoms with van der Waals surface area (Å²) in [7, 11) is 1.44. The minimum atomic E-state index is -0.948. The lowest BCUT2D eigenvalue weighted by Gasteiger charge is -2.24. The van der Waals surface area contributed by atoms with Gasteiger partial charge in [-0.1, -0.05) is 17.3 Å². The molecule has 3 amide bonds. The molecule has 0 radical (unpaired) electrons. The van der Waals surface area contributed by atoms with Crippen molar-refractivity contribution in [1.82, 2.24) is 25.7 Å². The van der Waals surface area contributed by atoms with Gasteiger partial charge in [0.2, 0.25) is 5.89 Å². The molecule has 2 rings (SSSR count). The third-order valence-corrected chi connectivity index (χ3v) is 3.61. The Hall–Kier alpha value is -3.14. The molecular weight excluding hydrogens is 342 g/mol. The normalized spacial score (nSPS) is 11.7. The standard InChI is InChI=1S/C16H21N5O5/c1-3-21(9-12(23)10-5-4-6-11(22)7-10)16(25)18-8-13-19-14(20-26-13)15(24)17-2/h4-7,12,22-23H,3,8-9H2,1-2H3,(H,17,24)(H,18,25)/t12-/m0/s1. The van der Waals surface area contributed by atoms with E-state index in [0.29, 0.717) is 12.1 Å². The van der Waals surface area contributed by atoms with Crippen molar-refractivity contribution >= 4 is 11.9 Å². The van der Waals surface area contributed by atoms with Crippen LogP contribution in [0.5, 0.6) is 5.75 Å². The number of carbonyl (C=O) groups excluding carboxylic acids is 2. The van der Waals surface area contributed by atoms with E-state index < -0.39 is 18.0 Å². The summed E-state index contributed by atoms with van der Waals surface area (Å²) in [6, 6.07) is 5.78. The van der Waals surface area contributed by atoms with E-state index in [4.69, 9.17) is 4.52 Å². The molecule has 1 aromatic heterocycles. The molecule has 0 saturated carbocycles. The number of carbonyl (C=O) groups is 2. The number of phenols is 1. The van der Waals surface area contributed by atoms with Crippen molar-refractivity contribution < 1.29 is 24.3 Å². The summed E-state index contributed by atoms with van der Waals surface area (Å²) in [5.41, 5.74) is 0.503. The first-order valence-corrected chi connectivity index (χ1v) is 7.99. The Morgan fingerprint density at radius 3 is 2.81 bits per heavy atom. The van der Waals surface area contributed by atoms with Gasteiger partial charge in [0.1, 0.15) is 5.75 Å². The molecule has 1 heterocycles. The summed E-state index contributed by atoms with van der Waals surface area (Å²) in [6.45, 7) is 2.11. The molecule has 0 aliphatic heterocycles. The third-order valence-electron chi connectivity index (χ3n) is 3.61. The number of nitrogens with zero attached hydrogens (tertiary/aromatic N) is 3. The lowest BCUT2D eigenvalue weighted by molar-refractivity contribution is 0.0949. The number of phenolic OH excluding ortho intramolecular Hbond substituents is 1. The smallest absolute Gasteiger partial charge is 0.317 e. The molecule has 0 spiro atoms. The van der Waals surface area contributed by atoms with Crippen LogP contribution in [-0.4, -0.2) is 57.3 Å². The number of hydrogen-bond donors (Lipinski definition) is 4. The molecule has 1 aromatic carbocycles. The van der Waals surface area contributed by atoms with Crippen LogP contribution >= 0.6 is 0 Å². The average Bonchev–Trinajstić information content (AvgIpc) is 3.12. The van der Waals surface area contributed by atoms with Gasteiger partial charge in [-0.3, -0.25) is 4.79 Å². The molecule has 0 saturated heterocycles. The summed E-state index contributed by atoms with van der Waals surface area (Å²) in [6.07, 6.45) is -0.948. The van der Waals surface area contributed by atoms with Gasteiger partial charge in [0.15, 0.2) is 0 Å². The van der Waals surface area contributed by atoms with Gasteiger partial charge in [-0.25, -0.2) is 4.79 Å². The Morgan fingerprint density at radius 1 is 1.38 bits per heavy atom. The van der Waals surface area contributed by atoms with E-state index in [2.05, 4.69) is 20.8 Å². The first-order chi connectivity index (χ1) is 12.4. The molecule has 2 aromatic rings. The number of benzene rings is 1. The van der Waals surface area contributed by atoms with E-state index in [1.807, 2.05) is 0 Å². The van der Waals surface area contributed by atoms with Crippen LogP contribution in [0.15, 0.2) is 28.8 Å². The molecule has 0 fully saturated rings. The molecule has 10 nitrogen and oxygen atoms in total. The highest BCUT2D eigenvalue weighted by molar-refractivity contribution is 5.89. The monoisotopic (exact) mass is 363 g/mol. The highest BCUT2D eigenvalue weighted by Crippen LogP contribution is 2.19. The van der Waals surface area contributed by atoms with Crippen molar-refractivity contribution in [3.8, 4) is 5.75 Å². The van der Waals surface area contributed by atoms with Gasteiger partial charge < -0.3 is 30.3 Å². The van der Waals surface area contributed by atoms with Crippen LogP contribution in [0.4, 0.5) is 4.79 Å². The van der Waals surface area contributed by atoms with Crippen LogP contribution in [0.3, 0.4) is 0 Å². The average molecular weight is 363 g/mol. The molecule has 4 N–H and O–H groups in total. The van der Waals surface area contributed by atoms with Gasteiger partial charge in [-0.2, -0.15) is 4.98 Å². The number of aromatic hydroxyl groups is 1. The fraction of sp³-hybridized carbons (Fsp3) is 0.375. The van der Waals surface area contributed by atoms with E-state index >= 15 is 0 Å². The lowest BCUT2D eigenvalue weighted by atomic mass is 10.1. The minimum absolute atomic E-state index is 0.0392. The zero-order valence-electron chi connectivity index (χ0n) is 14.5. The zero-order valence-corrected chi connectivity index (χ0v) is 14.5. The summed E-state index contributed by atoms with van der Waals surface area (Å²) < 4.78 is 4.88. The molecule has 26 heavy (non-hydrogen) atoms. The second-order valence-electron chi connectivity index (χ2n) is 5.40. The Kier molecular flexibility index (Phi) is 6.50. The van der Waals surface area contributed by atoms with Gasteiger partial charge in [0.25, 0.3) is 11.7 Å². The molecule has 0 aliphatic rings. The van der Waals surface area contributed by atoms with E-state index in [9.17, 15) is 19.8 Å². The van der Waals surface area contributed by atoms with E-state index in [1.54, 1.807) is 19.1 Å². The second-order valence-corrected chi connectivity index (χ2v) is 5.40. The maximum Gasteiger partial charge on any atom is 0.317 e. The first-order valence-electron chi connectivity index (χ1n) is 7.99. The Balaban J connectivity index is 1.91. The predicted octanol–water partition coefficient (Wildman–Crippen LogP) is 0.400. The second kappa shape index (κ2) is 8.81. The molecule has 140 valence electrons. The quantitative estimate of drug-likeness (QED) is 0.558. The van der Waals surface area contributed by atoms with Crippen molar-refractivity contribution in [2.24, 2.45) is 0 Å². The number of likely N-dealkylation sites (N-methyl/N-ethyl adjacent to an activating group) is 1. The van der Waals surface area contributed by atoms with Crippen molar-refractivity contribution in [3.05, 3.63) is 41.5 Å². The van der Waals surface area contributed by atoms with Gasteiger partial charge in [-0.05, 0) is 24.6 Å². The number of aromatic nitrogens is 2. The summed E-state index contributed by atoms with van der Waals surface area (Å²) in [5.74, 6) is -0.488. The summed E-state index contributed by atoms with van der Waals surface area (Å²) in [5, 5.41) is 28.2. The molecule has 1 atom stereocenters. The predicted molar refractivity (Wildman–Crippen MR) is 90.2 cm³/mol. The van der Waals surface area contributed by atoms with Crippen molar-refractivity contribution in [3.63, 3.8) is 0 Å². The van der Waals surface area contributed by atoms with Crippen molar-refractivity contribution in [1.29, 1.82) is 0 Å². The molecule has 0 aliphatic carbocycles. The summed E-state index contributed by atoms with van der Waals surface area (Å²) in [4.78, 5) is 28.9. The maximum atomic E-state index is 12.3. The molecule has 10 heteroatoms. The van der Waals surface area contributed by atoms with Gasteiger partial charge in [0, 0.05) is 13.6 Å². The Labute approximate surface area is 149 Å². The van der Waals surface area contributed by atoms with Crippen LogP contribution in [-0.2, 0) is 6.54 Å². The summed E-state index contributed by atoms with van der Waals surface area (Å²) >= 11 is 0. The SMILES string of the molecule is CCN(C[C@H](O)c1cccc(O)c1)C(=O)NCc1nc(C(=O)NC)no1. The maximum absolute atomic E-state index is 12.3. The number of aliphatic hydroxyl groups is 1. The minimum Gasteiger partial charge on any atom is -0.508 e. The van der Waals surface area contributed by atoms with Crippen molar-refractivity contribution in [2.45, 2.75) is 19.6 Å². The lowest BCUT2D eigenvalue weighted by Crippen LogP contribution is -2.41. The largest absolute Gasteiger partial charge is 0.508 e. The molecule has 0 bridgehead atoms. The number of hydrogen-bond acceptors (Lipinski definition) is 7. The van der Waals surface area contributed by atoms with Crippen molar-refractivity contribution in [2.75, 3.05) is 20.1 Å². The van der Waals surface area contributed by atoms with Crippen LogP contribution in [0.2, 0.25) is 0 Å². The number of rotatable bonds is 7. The van der Waals surface area contributed by atoms with Gasteiger partial charge in [0.05, 0.1) is 19.2 Å². The van der Waals surface area contributed by atoms with Crippen LogP contribution in [0.25, 0.3) is 0 Å². The molecule has 0 unspecified atom stereocenters. The van der Waals surface area contributed by atoms with E-state index in [-0.39, 0.29) is 30.6 Å². The van der Waals surface area contributed by atoms with E-state index in [1.165, 1.54) is 24.1 Å². The Morgan fingerprint density at radius 2 is 2.15 bits per heavy atom. The van der Waals surface area contributed by atoms with Crippen LogP contribution in [0.1, 0.15) is 35.1 Å². The fourth-order valence-corrected chi connectivity index (χ4v) is 2.20.